The van der Waals surface area contributed by atoms with Crippen molar-refractivity contribution < 1.29 is 30.4 Å². The van der Waals surface area contributed by atoms with Crippen LogP contribution in [-0.4, -0.2) is 20.3 Å². The summed E-state index contributed by atoms with van der Waals surface area (Å²) in [6.07, 6.45) is -4.93. The molecule has 0 radical (unpaired) electrons. The Morgan fingerprint density at radius 3 is 2.06 bits per heavy atom. The van der Waals surface area contributed by atoms with Gasteiger partial charge in [0.05, 0.1) is 4.90 Å². The molecule has 0 aromatic heterocycles. The average Bonchev–Trinajstić information content (AvgIpc) is 2.05. The van der Waals surface area contributed by atoms with Crippen molar-refractivity contribution in [1.29, 1.82) is 0 Å². The number of sulfone groups is 1. The van der Waals surface area contributed by atoms with Crippen LogP contribution in [0.25, 0.3) is 0 Å². The lowest BCUT2D eigenvalue weighted by Crippen LogP contribution is -2.23. The highest BCUT2D eigenvalue weighted by molar-refractivity contribution is 7.91. The second-order valence-electron chi connectivity index (χ2n) is 2.95. The lowest BCUT2D eigenvalue weighted by atomic mass is 10.3. The quantitative estimate of drug-likeness (QED) is 0.604. The maximum absolute atomic E-state index is 12.6. The van der Waals surface area contributed by atoms with Gasteiger partial charge in [0.1, 0.15) is 0 Å². The van der Waals surface area contributed by atoms with E-state index in [-0.39, 0.29) is 6.07 Å². The highest BCUT2D eigenvalue weighted by atomic mass is 32.2. The minimum atomic E-state index is -4.93. The van der Waals surface area contributed by atoms with Crippen molar-refractivity contribution in [2.45, 2.75) is 11.1 Å². The topological polar surface area (TPSA) is 34.1 Å². The lowest BCUT2D eigenvalue weighted by Gasteiger charge is -2.07. The number of rotatable bonds is 2. The Morgan fingerprint density at radius 2 is 1.62 bits per heavy atom. The third kappa shape index (κ3) is 3.16. The van der Waals surface area contributed by atoms with Crippen LogP contribution < -0.4 is 0 Å². The molecule has 0 aliphatic carbocycles. The van der Waals surface area contributed by atoms with Gasteiger partial charge in [-0.2, -0.15) is 13.2 Å². The summed E-state index contributed by atoms with van der Waals surface area (Å²) in [5.41, 5.74) is 0. The van der Waals surface area contributed by atoms with Crippen molar-refractivity contribution in [3.8, 4) is 0 Å². The normalized spacial score (nSPS) is 12.8. The predicted octanol–water partition coefficient (Wildman–Crippen LogP) is 2.30. The Labute approximate surface area is 87.6 Å². The van der Waals surface area contributed by atoms with E-state index in [1.807, 2.05) is 0 Å². The maximum Gasteiger partial charge on any atom is 0.403 e. The molecule has 90 valence electrons. The predicted molar refractivity (Wildman–Crippen MR) is 44.5 cm³/mol. The first kappa shape index (κ1) is 12.9. The summed E-state index contributed by atoms with van der Waals surface area (Å²) in [6, 6.07) is 1.26. The summed E-state index contributed by atoms with van der Waals surface area (Å²) in [5.74, 6) is -4.94. The van der Waals surface area contributed by atoms with E-state index in [1.54, 1.807) is 0 Å². The fourth-order valence-electron chi connectivity index (χ4n) is 0.969. The van der Waals surface area contributed by atoms with Crippen LogP contribution in [0.15, 0.2) is 23.1 Å². The minimum absolute atomic E-state index is 0.219. The molecule has 8 heteroatoms. The smallest absolute Gasteiger partial charge is 0.223 e. The van der Waals surface area contributed by atoms with E-state index in [2.05, 4.69) is 0 Å². The van der Waals surface area contributed by atoms with Crippen LogP contribution in [0.1, 0.15) is 0 Å². The summed E-state index contributed by atoms with van der Waals surface area (Å²) in [4.78, 5) is -0.899. The van der Waals surface area contributed by atoms with E-state index >= 15 is 0 Å². The van der Waals surface area contributed by atoms with Gasteiger partial charge < -0.3 is 0 Å². The molecule has 0 unspecified atom stereocenters. The summed E-state index contributed by atoms with van der Waals surface area (Å²) in [5, 5.41) is 0. The molecular formula is C8H5F5O2S. The van der Waals surface area contributed by atoms with E-state index in [0.29, 0.717) is 12.1 Å². The molecule has 1 rings (SSSR count). The molecule has 16 heavy (non-hydrogen) atoms. The second kappa shape index (κ2) is 4.00. The van der Waals surface area contributed by atoms with Crippen molar-refractivity contribution in [3.05, 3.63) is 29.8 Å². The first-order valence-corrected chi connectivity index (χ1v) is 5.51. The molecule has 0 amide bonds. The monoisotopic (exact) mass is 260 g/mol. The Hall–Kier alpha value is -1.18. The van der Waals surface area contributed by atoms with E-state index in [1.165, 1.54) is 0 Å². The third-order valence-electron chi connectivity index (χ3n) is 1.60. The molecule has 2 nitrogen and oxygen atoms in total. The number of hydrogen-bond donors (Lipinski definition) is 0. The maximum atomic E-state index is 12.6. The van der Waals surface area contributed by atoms with Gasteiger partial charge in [-0.05, 0) is 18.2 Å². The zero-order chi connectivity index (χ0) is 12.6. The highest BCUT2D eigenvalue weighted by Gasteiger charge is 2.36. The molecule has 0 atom stereocenters. The highest BCUT2D eigenvalue weighted by Crippen LogP contribution is 2.23. The van der Waals surface area contributed by atoms with Gasteiger partial charge >= 0.3 is 6.18 Å². The summed E-state index contributed by atoms with van der Waals surface area (Å²) in [7, 11) is -4.69. The van der Waals surface area contributed by atoms with Gasteiger partial charge in [0.25, 0.3) is 0 Å². The fraction of sp³-hybridized carbons (Fsp3) is 0.250. The van der Waals surface area contributed by atoms with Gasteiger partial charge in [-0.1, -0.05) is 0 Å². The Bertz CT molecular complexity index is 492. The number of alkyl halides is 3. The van der Waals surface area contributed by atoms with Crippen LogP contribution in [0, 0.1) is 11.6 Å². The van der Waals surface area contributed by atoms with Gasteiger partial charge in [0, 0.05) is 0 Å². The molecule has 1 aromatic rings. The molecule has 0 N–H and O–H groups in total. The zero-order valence-electron chi connectivity index (χ0n) is 7.55. The van der Waals surface area contributed by atoms with Crippen LogP contribution in [0.5, 0.6) is 0 Å². The van der Waals surface area contributed by atoms with Crippen molar-refractivity contribution in [3.63, 3.8) is 0 Å². The summed E-state index contributed by atoms with van der Waals surface area (Å²) in [6.45, 7) is 0. The van der Waals surface area contributed by atoms with Crippen molar-refractivity contribution in [2.24, 2.45) is 0 Å². The SMILES string of the molecule is O=S(=O)(CC(F)(F)F)c1ccc(F)c(F)c1. The molecule has 0 spiro atoms. The van der Waals surface area contributed by atoms with Gasteiger partial charge in [-0.25, -0.2) is 17.2 Å². The first-order chi connectivity index (χ1) is 7.12. The van der Waals surface area contributed by atoms with Crippen molar-refractivity contribution in [2.75, 3.05) is 5.75 Å². The van der Waals surface area contributed by atoms with Gasteiger partial charge in [-0.3, -0.25) is 0 Å². The van der Waals surface area contributed by atoms with Crippen molar-refractivity contribution in [1.82, 2.24) is 0 Å². The zero-order valence-corrected chi connectivity index (χ0v) is 8.37. The molecule has 0 fully saturated rings. The second-order valence-corrected chi connectivity index (χ2v) is 4.94. The molecule has 0 heterocycles. The van der Waals surface area contributed by atoms with Crippen LogP contribution in [0.4, 0.5) is 22.0 Å². The van der Waals surface area contributed by atoms with E-state index in [4.69, 9.17) is 0 Å². The molecule has 0 saturated carbocycles. The molecule has 0 aliphatic rings. The number of hydrogen-bond acceptors (Lipinski definition) is 2. The summed E-state index contributed by atoms with van der Waals surface area (Å²) < 4.78 is 82.9. The number of benzene rings is 1. The standard InChI is InChI=1S/C8H5F5O2S/c9-6-2-1-5(3-7(6)10)16(14,15)4-8(11,12)13/h1-3H,4H2. The fourth-order valence-corrected chi connectivity index (χ4v) is 2.13. The Balaban J connectivity index is 3.13. The summed E-state index contributed by atoms with van der Waals surface area (Å²) >= 11 is 0. The molecule has 0 aliphatic heterocycles. The number of halogens is 5. The third-order valence-corrected chi connectivity index (χ3v) is 3.28. The van der Waals surface area contributed by atoms with Crippen LogP contribution in [-0.2, 0) is 9.84 Å². The largest absolute Gasteiger partial charge is 0.403 e. The van der Waals surface area contributed by atoms with Gasteiger partial charge in [-0.15, -0.1) is 0 Å². The van der Waals surface area contributed by atoms with Crippen LogP contribution in [0.2, 0.25) is 0 Å². The van der Waals surface area contributed by atoms with Crippen LogP contribution >= 0.6 is 0 Å². The first-order valence-electron chi connectivity index (χ1n) is 3.86. The lowest BCUT2D eigenvalue weighted by molar-refractivity contribution is -0.106. The minimum Gasteiger partial charge on any atom is -0.223 e. The molecular weight excluding hydrogens is 255 g/mol. The van der Waals surface area contributed by atoms with Crippen LogP contribution in [0.3, 0.4) is 0 Å². The van der Waals surface area contributed by atoms with E-state index in [9.17, 15) is 30.4 Å². The molecule has 0 saturated heterocycles. The van der Waals surface area contributed by atoms with E-state index < -0.39 is 38.3 Å². The average molecular weight is 260 g/mol. The Morgan fingerprint density at radius 1 is 1.06 bits per heavy atom. The molecule has 0 bridgehead atoms. The van der Waals surface area contributed by atoms with Gasteiger partial charge in [0.2, 0.25) is 0 Å². The van der Waals surface area contributed by atoms with Gasteiger partial charge in [0.15, 0.2) is 27.2 Å². The Kier molecular flexibility index (Phi) is 3.22. The molecule has 1 aromatic carbocycles. The van der Waals surface area contributed by atoms with Crippen molar-refractivity contribution >= 4 is 9.84 Å². The van der Waals surface area contributed by atoms with E-state index in [0.717, 1.165) is 0 Å².